The Balaban J connectivity index is 1.55. The highest BCUT2D eigenvalue weighted by molar-refractivity contribution is 7.52. The van der Waals surface area contributed by atoms with E-state index >= 15 is 4.39 Å². The molecule has 1 aliphatic heterocycles. The number of alkyl halides is 1. The van der Waals surface area contributed by atoms with E-state index in [-0.39, 0.29) is 24.6 Å². The van der Waals surface area contributed by atoms with Crippen molar-refractivity contribution in [2.45, 2.75) is 64.3 Å². The molecule has 1 saturated heterocycles. The lowest BCUT2D eigenvalue weighted by atomic mass is 10.00. The number of carbonyl (C=O) groups is 1. The fourth-order valence-corrected chi connectivity index (χ4v) is 5.91. The third-order valence-corrected chi connectivity index (χ3v) is 7.77. The van der Waals surface area contributed by atoms with Gasteiger partial charge in [0.25, 0.3) is 0 Å². The number of hydrogen-bond acceptors (Lipinski definition) is 9. The van der Waals surface area contributed by atoms with Gasteiger partial charge in [-0.2, -0.15) is 5.09 Å². The summed E-state index contributed by atoms with van der Waals surface area (Å²) >= 11 is 0. The summed E-state index contributed by atoms with van der Waals surface area (Å²) in [5.74, 6) is -0.0838. The lowest BCUT2D eigenvalue weighted by Gasteiger charge is -2.27. The summed E-state index contributed by atoms with van der Waals surface area (Å²) in [6, 6.07) is 9.07. The first kappa shape index (κ1) is 27.0. The number of aromatic nitrogens is 3. The van der Waals surface area contributed by atoms with Crippen LogP contribution in [0.3, 0.4) is 0 Å². The van der Waals surface area contributed by atoms with Crippen LogP contribution in [0, 0.1) is 0 Å². The number of nitrogens with one attached hydrogen (secondary N) is 1. The van der Waals surface area contributed by atoms with Gasteiger partial charge in [0, 0.05) is 12.6 Å². The fourth-order valence-electron chi connectivity index (χ4n) is 4.20. The van der Waals surface area contributed by atoms with Gasteiger partial charge in [0.1, 0.15) is 29.6 Å². The second kappa shape index (κ2) is 10.7. The molecule has 3 aromatic rings. The molecule has 3 N–H and O–H groups in total. The topological polar surface area (TPSA) is 140 Å². The van der Waals surface area contributed by atoms with Gasteiger partial charge in [-0.05, 0) is 45.9 Å². The summed E-state index contributed by atoms with van der Waals surface area (Å²) < 4.78 is 53.8. The maximum absolute atomic E-state index is 15.8. The Morgan fingerprint density at radius 3 is 2.76 bits per heavy atom. The number of hydrogen-bond donors (Lipinski definition) is 2. The standard InChI is InChI=1S/C24H31FN5O6P/c1-5-33-22(31)15(2)29-37(32,36-17-9-7-6-8-10-17)35-16(3)19-13-24(4,25)23(34-19)30-12-11-18-20(26)27-14-28-21(18)30/h6-12,14-16,19,23H,5,13H2,1-4H3,(H,29,32)(H2,26,27,28)/t15-,16?,19-,23+,24+,37?/m0/s1. The highest BCUT2D eigenvalue weighted by atomic mass is 31.2. The van der Waals surface area contributed by atoms with Crippen LogP contribution in [0.15, 0.2) is 48.9 Å². The van der Waals surface area contributed by atoms with E-state index in [9.17, 15) is 9.36 Å². The lowest BCUT2D eigenvalue weighted by Crippen LogP contribution is -2.37. The average Bonchev–Trinajstić information content (AvgIpc) is 3.40. The molecule has 0 aliphatic carbocycles. The minimum Gasteiger partial charge on any atom is -0.465 e. The second-order valence-corrected chi connectivity index (χ2v) is 10.7. The molecule has 0 radical (unpaired) electrons. The molecular weight excluding hydrogens is 504 g/mol. The predicted octanol–water partition coefficient (Wildman–Crippen LogP) is 4.16. The molecule has 3 heterocycles. The van der Waals surface area contributed by atoms with E-state index in [0.29, 0.717) is 11.0 Å². The monoisotopic (exact) mass is 535 g/mol. The van der Waals surface area contributed by atoms with E-state index in [2.05, 4.69) is 15.1 Å². The highest BCUT2D eigenvalue weighted by Gasteiger charge is 2.50. The van der Waals surface area contributed by atoms with E-state index in [1.807, 2.05) is 0 Å². The van der Waals surface area contributed by atoms with Crippen LogP contribution in [-0.4, -0.2) is 51.0 Å². The number of anilines is 1. The molecule has 6 atom stereocenters. The zero-order valence-corrected chi connectivity index (χ0v) is 21.9. The van der Waals surface area contributed by atoms with Crippen LogP contribution in [0.25, 0.3) is 11.0 Å². The quantitative estimate of drug-likeness (QED) is 0.287. The van der Waals surface area contributed by atoms with Gasteiger partial charge in [0.05, 0.1) is 24.2 Å². The third kappa shape index (κ3) is 5.93. The molecule has 1 aromatic carbocycles. The number of fused-ring (bicyclic) bond motifs is 1. The first-order valence-corrected chi connectivity index (χ1v) is 13.5. The van der Waals surface area contributed by atoms with Gasteiger partial charge in [0.2, 0.25) is 0 Å². The first-order chi connectivity index (χ1) is 17.5. The van der Waals surface area contributed by atoms with Gasteiger partial charge in [-0.25, -0.2) is 18.9 Å². The Labute approximate surface area is 214 Å². The molecule has 0 bridgehead atoms. The third-order valence-electron chi connectivity index (χ3n) is 6.00. The number of nitrogens with zero attached hydrogens (tertiary/aromatic N) is 3. The number of carbonyl (C=O) groups excluding carboxylic acids is 1. The lowest BCUT2D eigenvalue weighted by molar-refractivity contribution is -0.144. The second-order valence-electron chi connectivity index (χ2n) is 9.04. The van der Waals surface area contributed by atoms with E-state index in [4.69, 9.17) is 24.3 Å². The predicted molar refractivity (Wildman–Crippen MR) is 134 cm³/mol. The van der Waals surface area contributed by atoms with Gasteiger partial charge in [-0.15, -0.1) is 0 Å². The van der Waals surface area contributed by atoms with E-state index in [0.717, 1.165) is 0 Å². The molecule has 4 rings (SSSR count). The van der Waals surface area contributed by atoms with Crippen molar-refractivity contribution >= 4 is 30.6 Å². The van der Waals surface area contributed by atoms with Crippen molar-refractivity contribution in [3.8, 4) is 5.75 Å². The molecular formula is C24H31FN5O6P. The Morgan fingerprint density at radius 2 is 2.05 bits per heavy atom. The molecule has 2 aromatic heterocycles. The van der Waals surface area contributed by atoms with Crippen molar-refractivity contribution in [1.29, 1.82) is 0 Å². The molecule has 200 valence electrons. The van der Waals surface area contributed by atoms with Crippen molar-refractivity contribution in [3.05, 3.63) is 48.9 Å². The van der Waals surface area contributed by atoms with Crippen LogP contribution in [0.4, 0.5) is 10.2 Å². The molecule has 2 unspecified atom stereocenters. The smallest absolute Gasteiger partial charge is 0.459 e. The van der Waals surface area contributed by atoms with Crippen molar-refractivity contribution in [1.82, 2.24) is 19.6 Å². The molecule has 1 aliphatic rings. The number of rotatable bonds is 10. The number of para-hydroxylation sites is 1. The van der Waals surface area contributed by atoms with Crippen molar-refractivity contribution in [3.63, 3.8) is 0 Å². The molecule has 37 heavy (non-hydrogen) atoms. The van der Waals surface area contributed by atoms with Gasteiger partial charge < -0.3 is 24.3 Å². The number of esters is 1. The van der Waals surface area contributed by atoms with Gasteiger partial charge in [-0.3, -0.25) is 9.32 Å². The molecule has 13 heteroatoms. The van der Waals surface area contributed by atoms with Gasteiger partial charge >= 0.3 is 13.7 Å². The maximum Gasteiger partial charge on any atom is 0.459 e. The summed E-state index contributed by atoms with van der Waals surface area (Å²) in [4.78, 5) is 20.4. The van der Waals surface area contributed by atoms with Crippen LogP contribution in [0.2, 0.25) is 0 Å². The largest absolute Gasteiger partial charge is 0.465 e. The summed E-state index contributed by atoms with van der Waals surface area (Å²) in [7, 11) is -4.15. The SMILES string of the molecule is CCOC(=O)[C@H](C)NP(=O)(Oc1ccccc1)OC(C)[C@@H]1C[C@@](C)(F)[C@H](n2ccc3c(N)ncnc32)O1. The summed E-state index contributed by atoms with van der Waals surface area (Å²) in [5.41, 5.74) is 4.53. The van der Waals surface area contributed by atoms with Crippen LogP contribution in [-0.2, 0) is 23.4 Å². The molecule has 0 amide bonds. The van der Waals surface area contributed by atoms with Crippen molar-refractivity contribution in [2.24, 2.45) is 0 Å². The Bertz CT molecular complexity index is 1290. The van der Waals surface area contributed by atoms with Crippen LogP contribution in [0.1, 0.15) is 40.3 Å². The van der Waals surface area contributed by atoms with Crippen LogP contribution in [0.5, 0.6) is 5.75 Å². The number of nitrogens with two attached hydrogens (primary N) is 1. The molecule has 1 fully saturated rings. The van der Waals surface area contributed by atoms with Crippen molar-refractivity contribution < 1.29 is 32.3 Å². The highest BCUT2D eigenvalue weighted by Crippen LogP contribution is 2.50. The Morgan fingerprint density at radius 1 is 1.32 bits per heavy atom. The van der Waals surface area contributed by atoms with Gasteiger partial charge in [-0.1, -0.05) is 18.2 Å². The zero-order valence-electron chi connectivity index (χ0n) is 21.0. The Hall–Kier alpha value is -3.05. The van der Waals surface area contributed by atoms with Crippen molar-refractivity contribution in [2.75, 3.05) is 12.3 Å². The first-order valence-electron chi connectivity index (χ1n) is 11.9. The number of benzene rings is 1. The summed E-state index contributed by atoms with van der Waals surface area (Å²) in [6.07, 6.45) is 0.143. The van der Waals surface area contributed by atoms with E-state index < -0.39 is 43.9 Å². The normalized spacial score (nSPS) is 24.9. The maximum atomic E-state index is 15.8. The molecule has 0 spiro atoms. The fraction of sp³-hybridized carbons (Fsp3) is 0.458. The minimum absolute atomic E-state index is 0.0577. The average molecular weight is 536 g/mol. The van der Waals surface area contributed by atoms with E-state index in [1.165, 1.54) is 20.2 Å². The molecule has 11 nitrogen and oxygen atoms in total. The summed E-state index contributed by atoms with van der Waals surface area (Å²) in [6.45, 7) is 6.33. The van der Waals surface area contributed by atoms with Crippen LogP contribution < -0.4 is 15.3 Å². The van der Waals surface area contributed by atoms with Gasteiger partial charge in [0.15, 0.2) is 11.9 Å². The summed E-state index contributed by atoms with van der Waals surface area (Å²) in [5, 5.41) is 3.20. The number of nitrogen functional groups attached to an aromatic ring is 1. The zero-order chi connectivity index (χ0) is 26.8. The number of ether oxygens (including phenoxy) is 2. The van der Waals surface area contributed by atoms with E-state index in [1.54, 1.807) is 61.0 Å². The number of halogens is 1. The molecule has 0 saturated carbocycles. The minimum atomic E-state index is -4.15. The Kier molecular flexibility index (Phi) is 7.84. The van der Waals surface area contributed by atoms with Crippen LogP contribution >= 0.6 is 7.75 Å².